The summed E-state index contributed by atoms with van der Waals surface area (Å²) in [5.74, 6) is -0.130. The van der Waals surface area contributed by atoms with Crippen molar-refractivity contribution < 1.29 is 6.22 Å². The van der Waals surface area contributed by atoms with Crippen LogP contribution in [0, 0.1) is 0 Å². The number of amides is 1. The number of carbonyl (C=O) groups is 1. The highest BCUT2D eigenvalue weighted by Crippen LogP contribution is 1.46. The average molecular weight is 150 g/mol. The minimum Gasteiger partial charge on any atom is -0.358 e. The van der Waals surface area contributed by atoms with E-state index in [1.54, 1.807) is 7.05 Å². The van der Waals surface area contributed by atoms with Gasteiger partial charge in [-0.3, -0.25) is 4.79 Å². The maximum Gasteiger partial charge on any atom is 0.233 e. The number of likely N-dealkylation sites (N-methyl/N-ethyl adjacent to an activating group) is 1. The third kappa shape index (κ3) is 26.1. The van der Waals surface area contributed by atoms with Crippen LogP contribution in [0.15, 0.2) is 0 Å². The van der Waals surface area contributed by atoms with Crippen molar-refractivity contribution >= 4 is 5.91 Å². The smallest absolute Gasteiger partial charge is 0.233 e. The summed E-state index contributed by atoms with van der Waals surface area (Å²) in [6.07, 6.45) is 0. The molecule has 0 aromatic carbocycles. The lowest BCUT2D eigenvalue weighted by Crippen LogP contribution is -2.26. The quantitative estimate of drug-likeness (QED) is 0.585. The van der Waals surface area contributed by atoms with E-state index >= 15 is 0 Å². The van der Waals surface area contributed by atoms with Gasteiger partial charge >= 0.3 is 0 Å². The van der Waals surface area contributed by atoms with Crippen molar-refractivity contribution in [3.63, 3.8) is 0 Å². The Labute approximate surface area is 65.5 Å². The largest absolute Gasteiger partial charge is 0.358 e. The Kier molecular flexibility index (Phi) is 38.4. The van der Waals surface area contributed by atoms with E-state index in [1.807, 2.05) is 27.7 Å². The summed E-state index contributed by atoms with van der Waals surface area (Å²) in [5, 5.41) is 2.35. The minimum absolute atomic E-state index is 0. The van der Waals surface area contributed by atoms with Crippen LogP contribution in [-0.2, 0) is 4.79 Å². The van der Waals surface area contributed by atoms with Gasteiger partial charge in [-0.1, -0.05) is 27.7 Å². The molecule has 3 heteroatoms. The predicted molar refractivity (Wildman–Crippen MR) is 47.9 cm³/mol. The second-order valence-corrected chi connectivity index (χ2v) is 0.877. The van der Waals surface area contributed by atoms with Crippen LogP contribution in [0.5, 0.6) is 0 Å². The first-order chi connectivity index (χ1) is 4.81. The Morgan fingerprint density at radius 1 is 1.40 bits per heavy atom. The second kappa shape index (κ2) is 23.7. The molecule has 3 N–H and O–H groups in total. The number of carbonyl (C=O) groups excluding carboxylic acids is 1. The molecule has 0 radical (unpaired) electrons. The lowest BCUT2D eigenvalue weighted by molar-refractivity contribution is -0.119. The van der Waals surface area contributed by atoms with Crippen molar-refractivity contribution in [3.8, 4) is 0 Å². The number of nitrogens with two attached hydrogens (primary N) is 1. The monoisotopic (exact) mass is 150 g/mol. The molecule has 3 nitrogen and oxygen atoms in total. The van der Waals surface area contributed by atoms with Crippen LogP contribution in [0.1, 0.15) is 29.1 Å². The zero-order valence-corrected chi connectivity index (χ0v) is 7.69. The lowest BCUT2D eigenvalue weighted by Gasteiger charge is -1.87. The van der Waals surface area contributed by atoms with Crippen LogP contribution in [0.25, 0.3) is 0 Å². The van der Waals surface area contributed by atoms with Gasteiger partial charge < -0.3 is 11.1 Å². The molecule has 0 bridgehead atoms. The van der Waals surface area contributed by atoms with E-state index in [2.05, 4.69) is 5.32 Å². The molecule has 0 saturated carbocycles. The molecule has 0 aromatic rings. The molecule has 0 fully saturated rings. The topological polar surface area (TPSA) is 55.1 Å². The summed E-state index contributed by atoms with van der Waals surface area (Å²) in [5.41, 5.74) is 4.87. The van der Waals surface area contributed by atoms with E-state index < -0.39 is 0 Å². The molecular formula is C7H22N2O. The summed E-state index contributed by atoms with van der Waals surface area (Å²) in [7, 11) is 1.55. The van der Waals surface area contributed by atoms with Gasteiger partial charge in [-0.05, 0) is 0 Å². The highest BCUT2D eigenvalue weighted by Gasteiger charge is 1.84. The van der Waals surface area contributed by atoms with Crippen molar-refractivity contribution in [2.45, 2.75) is 27.7 Å². The van der Waals surface area contributed by atoms with Crippen LogP contribution in [0.4, 0.5) is 0 Å². The van der Waals surface area contributed by atoms with E-state index in [0.717, 1.165) is 0 Å². The number of hydrogen-bond donors (Lipinski definition) is 2. The van der Waals surface area contributed by atoms with Gasteiger partial charge in [-0.25, -0.2) is 0 Å². The molecule has 0 aromatic heterocycles. The van der Waals surface area contributed by atoms with Gasteiger partial charge in [0.25, 0.3) is 0 Å². The fourth-order valence-corrected chi connectivity index (χ4v) is 0.102. The van der Waals surface area contributed by atoms with Crippen molar-refractivity contribution in [2.75, 3.05) is 13.6 Å². The molecule has 0 atom stereocenters. The number of nitrogens with one attached hydrogen (secondary N) is 1. The Morgan fingerprint density at radius 3 is 1.70 bits per heavy atom. The highest BCUT2D eigenvalue weighted by atomic mass is 16.1. The van der Waals surface area contributed by atoms with Crippen molar-refractivity contribution in [1.29, 1.82) is 0 Å². The summed E-state index contributed by atoms with van der Waals surface area (Å²) in [6.45, 7) is 8.08. The van der Waals surface area contributed by atoms with Gasteiger partial charge in [0.05, 0.1) is 6.54 Å². The van der Waals surface area contributed by atoms with E-state index in [0.29, 0.717) is 0 Å². The molecule has 0 saturated heterocycles. The molecule has 10 heavy (non-hydrogen) atoms. The van der Waals surface area contributed by atoms with Gasteiger partial charge in [-0.2, -0.15) is 0 Å². The van der Waals surface area contributed by atoms with E-state index in [1.165, 1.54) is 0 Å². The van der Waals surface area contributed by atoms with Crippen LogP contribution < -0.4 is 11.1 Å². The molecule has 0 rings (SSSR count). The Bertz CT molecular complexity index is 54.4. The van der Waals surface area contributed by atoms with E-state index in [9.17, 15) is 4.79 Å². The van der Waals surface area contributed by atoms with Crippen LogP contribution in [0.3, 0.4) is 0 Å². The molecule has 0 aliphatic carbocycles. The molecule has 0 aliphatic rings. The summed E-state index contributed by atoms with van der Waals surface area (Å²) in [6, 6.07) is 0. The molecular weight excluding hydrogens is 128 g/mol. The number of rotatable bonds is 1. The first-order valence-electron chi connectivity index (χ1n) is 3.72. The number of hydrogen-bond acceptors (Lipinski definition) is 2. The van der Waals surface area contributed by atoms with Gasteiger partial charge in [0.2, 0.25) is 5.91 Å². The Morgan fingerprint density at radius 2 is 1.70 bits per heavy atom. The molecule has 0 spiro atoms. The van der Waals surface area contributed by atoms with Gasteiger partial charge in [0.1, 0.15) is 0 Å². The summed E-state index contributed by atoms with van der Waals surface area (Å²) in [4.78, 5) is 9.94. The average Bonchev–Trinajstić information content (AvgIpc) is 2.10. The molecule has 0 unspecified atom stereocenters. The maximum absolute atomic E-state index is 9.94. The fraction of sp³-hybridized carbons (Fsp3) is 0.857. The zero-order valence-electron chi connectivity index (χ0n) is 7.69. The Hall–Kier alpha value is -0.570. The van der Waals surface area contributed by atoms with Crippen LogP contribution in [0.2, 0.25) is 0 Å². The van der Waals surface area contributed by atoms with E-state index in [4.69, 9.17) is 5.73 Å². The first kappa shape index (κ1) is 16.2. The molecule has 1 amide bonds. The van der Waals surface area contributed by atoms with E-state index in [-0.39, 0.29) is 13.9 Å². The summed E-state index contributed by atoms with van der Waals surface area (Å²) < 4.78 is 0. The van der Waals surface area contributed by atoms with Gasteiger partial charge in [0.15, 0.2) is 0 Å². The standard InChI is InChI=1S/C3H8N2O.2C2H6.H2/c1-5-3(6)2-4;2*1-2;/h2,4H2,1H3,(H,5,6);2*1-2H3;1H. The Balaban J connectivity index is -0.0000000428. The normalized spacial score (nSPS) is 5.80. The molecule has 0 heterocycles. The highest BCUT2D eigenvalue weighted by molar-refractivity contribution is 5.77. The van der Waals surface area contributed by atoms with Gasteiger partial charge in [-0.15, -0.1) is 0 Å². The fourth-order valence-electron chi connectivity index (χ4n) is 0.102. The van der Waals surface area contributed by atoms with Crippen LogP contribution in [-0.4, -0.2) is 19.5 Å². The van der Waals surface area contributed by atoms with Crippen molar-refractivity contribution in [3.05, 3.63) is 0 Å². The first-order valence-corrected chi connectivity index (χ1v) is 3.72. The minimum atomic E-state index is -0.130. The van der Waals surface area contributed by atoms with Crippen molar-refractivity contribution in [2.24, 2.45) is 5.73 Å². The van der Waals surface area contributed by atoms with Gasteiger partial charge in [0, 0.05) is 8.47 Å². The molecule has 0 aliphatic heterocycles. The third-order valence-corrected chi connectivity index (χ3v) is 0.464. The van der Waals surface area contributed by atoms with Crippen molar-refractivity contribution in [1.82, 2.24) is 5.32 Å². The zero-order chi connectivity index (χ0) is 8.99. The SMILES string of the molecule is CC.CC.CNC(=O)CN.[HH]. The third-order valence-electron chi connectivity index (χ3n) is 0.464. The van der Waals surface area contributed by atoms with Crippen LogP contribution >= 0.6 is 0 Å². The summed E-state index contributed by atoms with van der Waals surface area (Å²) >= 11 is 0. The molecule has 66 valence electrons. The maximum atomic E-state index is 9.94. The lowest BCUT2D eigenvalue weighted by atomic mass is 10.6. The predicted octanol–water partition coefficient (Wildman–Crippen LogP) is 0.990. The second-order valence-electron chi connectivity index (χ2n) is 0.877.